The number of carbonyl (C=O) groups is 1. The molecule has 1 atom stereocenters. The van der Waals surface area contributed by atoms with Gasteiger partial charge in [-0.15, -0.1) is 0 Å². The van der Waals surface area contributed by atoms with E-state index < -0.39 is 29.0 Å². The summed E-state index contributed by atoms with van der Waals surface area (Å²) in [5, 5.41) is 5.79. The number of anilines is 1. The van der Waals surface area contributed by atoms with E-state index in [1.807, 2.05) is 5.10 Å². The third-order valence-electron chi connectivity index (χ3n) is 6.35. The van der Waals surface area contributed by atoms with Crippen LogP contribution in [-0.4, -0.2) is 57.2 Å². The molecule has 0 aromatic carbocycles. The van der Waals surface area contributed by atoms with Crippen molar-refractivity contribution in [3.63, 3.8) is 0 Å². The van der Waals surface area contributed by atoms with Crippen molar-refractivity contribution in [1.82, 2.24) is 25.1 Å². The molecule has 1 unspecified atom stereocenters. The first-order chi connectivity index (χ1) is 16.4. The van der Waals surface area contributed by atoms with Crippen LogP contribution >= 0.6 is 0 Å². The number of piperazine rings is 1. The van der Waals surface area contributed by atoms with Crippen molar-refractivity contribution < 1.29 is 31.1 Å². The van der Waals surface area contributed by atoms with Gasteiger partial charge in [-0.2, -0.15) is 31.4 Å². The monoisotopic (exact) mass is 504 g/mol. The Bertz CT molecular complexity index is 1120. The van der Waals surface area contributed by atoms with E-state index in [0.29, 0.717) is 45.4 Å². The smallest absolute Gasteiger partial charge is 0.339 e. The zero-order valence-corrected chi connectivity index (χ0v) is 18.4. The van der Waals surface area contributed by atoms with E-state index in [1.165, 1.54) is 0 Å². The van der Waals surface area contributed by atoms with E-state index in [1.54, 1.807) is 9.80 Å². The van der Waals surface area contributed by atoms with Crippen LogP contribution in [0.2, 0.25) is 0 Å². The number of nitrogens with zero attached hydrogens (tertiary/aromatic N) is 5. The molecule has 2 aromatic rings. The molecule has 190 valence electrons. The van der Waals surface area contributed by atoms with Gasteiger partial charge in [0, 0.05) is 50.9 Å². The molecule has 1 aliphatic heterocycles. The minimum atomic E-state index is -4.75. The first-order valence-electron chi connectivity index (χ1n) is 11.1. The van der Waals surface area contributed by atoms with Crippen molar-refractivity contribution in [3.8, 4) is 0 Å². The molecule has 0 spiro atoms. The quantitative estimate of drug-likeness (QED) is 0.629. The summed E-state index contributed by atoms with van der Waals surface area (Å²) in [7, 11) is 0. The second-order valence-corrected chi connectivity index (χ2v) is 8.55. The molecule has 1 aliphatic carbocycles. The largest absolute Gasteiger partial charge is 0.422 e. The van der Waals surface area contributed by atoms with E-state index >= 15 is 0 Å². The van der Waals surface area contributed by atoms with Crippen molar-refractivity contribution in [2.24, 2.45) is 0 Å². The highest BCUT2D eigenvalue weighted by Crippen LogP contribution is 2.40. The number of H-pyrrole nitrogens is 1. The Hall–Kier alpha value is -3.19. The first kappa shape index (κ1) is 24.9. The number of aromatic nitrogens is 4. The van der Waals surface area contributed by atoms with Crippen molar-refractivity contribution in [3.05, 3.63) is 45.1 Å². The summed E-state index contributed by atoms with van der Waals surface area (Å²) in [6.07, 6.45) is -6.14. The maximum absolute atomic E-state index is 13.2. The summed E-state index contributed by atoms with van der Waals surface area (Å²) in [5.41, 5.74) is -3.17. The summed E-state index contributed by atoms with van der Waals surface area (Å²) in [5.74, 6) is -0.209. The molecule has 14 heteroatoms. The molecule has 1 fully saturated rings. The first-order valence-corrected chi connectivity index (χ1v) is 11.1. The lowest BCUT2D eigenvalue weighted by Gasteiger charge is -2.34. The van der Waals surface area contributed by atoms with Crippen LogP contribution in [0.15, 0.2) is 17.2 Å². The number of rotatable bonds is 5. The molecule has 3 heterocycles. The summed E-state index contributed by atoms with van der Waals surface area (Å²) in [4.78, 5) is 35.1. The maximum atomic E-state index is 13.2. The lowest BCUT2D eigenvalue weighted by molar-refractivity contribution is -0.139. The molecule has 4 rings (SSSR count). The van der Waals surface area contributed by atoms with Crippen molar-refractivity contribution in [2.45, 2.75) is 50.4 Å². The third kappa shape index (κ3) is 5.40. The van der Waals surface area contributed by atoms with Gasteiger partial charge in [-0.3, -0.25) is 9.59 Å². The highest BCUT2D eigenvalue weighted by atomic mass is 19.4. The third-order valence-corrected chi connectivity index (χ3v) is 6.35. The molecule has 0 bridgehead atoms. The van der Waals surface area contributed by atoms with Gasteiger partial charge in [-0.05, 0) is 31.2 Å². The van der Waals surface area contributed by atoms with Gasteiger partial charge in [0.25, 0.3) is 5.56 Å². The molecular weight excluding hydrogens is 482 g/mol. The number of fused-ring (bicyclic) bond motifs is 1. The fraction of sp³-hybridized carbons (Fsp3) is 0.571. The molecular formula is C21H22F6N6O2. The topological polar surface area (TPSA) is 95.1 Å². The van der Waals surface area contributed by atoms with Crippen LogP contribution in [-0.2, 0) is 23.6 Å². The minimum absolute atomic E-state index is 0.0563. The number of halogens is 6. The molecule has 35 heavy (non-hydrogen) atoms. The highest BCUT2D eigenvalue weighted by molar-refractivity contribution is 5.76. The molecule has 2 aliphatic rings. The molecule has 1 amide bonds. The van der Waals surface area contributed by atoms with Gasteiger partial charge in [0.15, 0.2) is 0 Å². The van der Waals surface area contributed by atoms with Gasteiger partial charge < -0.3 is 9.80 Å². The second kappa shape index (κ2) is 9.46. The van der Waals surface area contributed by atoms with Crippen molar-refractivity contribution in [1.29, 1.82) is 0 Å². The van der Waals surface area contributed by atoms with Crippen LogP contribution in [0.4, 0.5) is 32.3 Å². The Morgan fingerprint density at radius 2 is 1.69 bits per heavy atom. The average Bonchev–Trinajstić information content (AvgIpc) is 3.20. The fourth-order valence-corrected chi connectivity index (χ4v) is 4.57. The van der Waals surface area contributed by atoms with Crippen LogP contribution < -0.4 is 10.5 Å². The summed E-state index contributed by atoms with van der Waals surface area (Å²) < 4.78 is 77.7. The van der Waals surface area contributed by atoms with E-state index in [4.69, 9.17) is 0 Å². The molecule has 0 radical (unpaired) electrons. The van der Waals surface area contributed by atoms with E-state index in [9.17, 15) is 35.9 Å². The van der Waals surface area contributed by atoms with Crippen LogP contribution in [0.1, 0.15) is 54.0 Å². The minimum Gasteiger partial charge on any atom is -0.339 e. The Morgan fingerprint density at radius 3 is 2.29 bits per heavy atom. The average molecular weight is 504 g/mol. The normalized spacial score (nSPS) is 18.6. The molecule has 1 N–H and O–H groups in total. The van der Waals surface area contributed by atoms with Gasteiger partial charge in [-0.25, -0.2) is 15.1 Å². The standard InChI is InChI=1S/C21H22F6N6O2/c22-20(23,24)13-10-28-19(29-11-13)33-8-6-32(7-9-33)15(34)3-1-2-12-4-5-14-16(21(25,26)27)18(35)31-30-17(12)14/h10-12H,1-9H2,(H,31,35). The maximum Gasteiger partial charge on any atom is 0.422 e. The van der Waals surface area contributed by atoms with Crippen LogP contribution in [0.3, 0.4) is 0 Å². The number of hydrogen-bond donors (Lipinski definition) is 1. The molecule has 0 saturated carbocycles. The number of carbonyl (C=O) groups excluding carboxylic acids is 1. The zero-order chi connectivity index (χ0) is 25.4. The van der Waals surface area contributed by atoms with Crippen molar-refractivity contribution in [2.75, 3.05) is 31.1 Å². The Kier molecular flexibility index (Phi) is 6.73. The van der Waals surface area contributed by atoms with E-state index in [0.717, 1.165) is 12.4 Å². The SMILES string of the molecule is O=C(CCCC1CCc2c1n[nH]c(=O)c2C(F)(F)F)N1CCN(c2ncc(C(F)(F)F)cn2)CC1. The van der Waals surface area contributed by atoms with Crippen LogP contribution in [0, 0.1) is 0 Å². The van der Waals surface area contributed by atoms with Gasteiger partial charge in [0.2, 0.25) is 11.9 Å². The van der Waals surface area contributed by atoms with Gasteiger partial charge >= 0.3 is 12.4 Å². The van der Waals surface area contributed by atoms with Gasteiger partial charge in [0.05, 0.1) is 11.3 Å². The Balaban J connectivity index is 1.27. The summed E-state index contributed by atoms with van der Waals surface area (Å²) in [6.45, 7) is 1.44. The van der Waals surface area contributed by atoms with Gasteiger partial charge in [0.1, 0.15) is 5.56 Å². The lowest BCUT2D eigenvalue weighted by Crippen LogP contribution is -2.49. The van der Waals surface area contributed by atoms with Crippen LogP contribution in [0.25, 0.3) is 0 Å². The molecule has 1 saturated heterocycles. The number of aromatic amines is 1. The summed E-state index contributed by atoms with van der Waals surface area (Å²) in [6, 6.07) is 0. The number of nitrogens with one attached hydrogen (secondary N) is 1. The predicted octanol–water partition coefficient (Wildman–Crippen LogP) is 3.15. The van der Waals surface area contributed by atoms with Crippen molar-refractivity contribution >= 4 is 11.9 Å². The summed E-state index contributed by atoms with van der Waals surface area (Å²) >= 11 is 0. The Morgan fingerprint density at radius 1 is 1.03 bits per heavy atom. The fourth-order valence-electron chi connectivity index (χ4n) is 4.57. The second-order valence-electron chi connectivity index (χ2n) is 8.55. The van der Waals surface area contributed by atoms with Crippen LogP contribution in [0.5, 0.6) is 0 Å². The lowest BCUT2D eigenvalue weighted by atomic mass is 9.98. The van der Waals surface area contributed by atoms with E-state index in [-0.39, 0.29) is 41.9 Å². The van der Waals surface area contributed by atoms with E-state index in [2.05, 4.69) is 15.1 Å². The number of hydrogen-bond acceptors (Lipinski definition) is 6. The number of amides is 1. The molecule has 2 aromatic heterocycles. The zero-order valence-electron chi connectivity index (χ0n) is 18.4. The highest BCUT2D eigenvalue weighted by Gasteiger charge is 2.41. The predicted molar refractivity (Wildman–Crippen MR) is 111 cm³/mol. The Labute approximate surface area is 195 Å². The van der Waals surface area contributed by atoms with Gasteiger partial charge in [-0.1, -0.05) is 0 Å². The molecule has 8 nitrogen and oxygen atoms in total. The number of alkyl halides is 6.